The topological polar surface area (TPSA) is 32.8 Å². The van der Waals surface area contributed by atoms with Gasteiger partial charge in [-0.3, -0.25) is 4.90 Å². The summed E-state index contributed by atoms with van der Waals surface area (Å²) >= 11 is 6.07. The molecule has 0 aliphatic carbocycles. The number of benzene rings is 1. The number of nitrogens with zero attached hydrogens (tertiary/aromatic N) is 2. The van der Waals surface area contributed by atoms with Crippen molar-refractivity contribution in [3.8, 4) is 0 Å². The summed E-state index contributed by atoms with van der Waals surface area (Å²) in [6.07, 6.45) is 0.802. The normalized spacial score (nSPS) is 22.0. The molecule has 0 saturated carbocycles. The lowest BCUT2D eigenvalue weighted by Crippen LogP contribution is -2.38. The van der Waals surface area contributed by atoms with Crippen LogP contribution in [0.5, 0.6) is 0 Å². The molecule has 1 atom stereocenters. The molecule has 22 heavy (non-hydrogen) atoms. The van der Waals surface area contributed by atoms with Crippen molar-refractivity contribution >= 4 is 17.7 Å². The minimum Gasteiger partial charge on any atom is -0.444 e. The molecule has 120 valence electrons. The number of amides is 1. The van der Waals surface area contributed by atoms with Crippen LogP contribution in [0.1, 0.15) is 38.3 Å². The van der Waals surface area contributed by atoms with Crippen LogP contribution in [-0.2, 0) is 17.8 Å². The van der Waals surface area contributed by atoms with Crippen LogP contribution in [0.15, 0.2) is 18.2 Å². The highest BCUT2D eigenvalue weighted by Crippen LogP contribution is 2.30. The van der Waals surface area contributed by atoms with E-state index in [4.69, 9.17) is 16.3 Å². The zero-order valence-electron chi connectivity index (χ0n) is 13.4. The summed E-state index contributed by atoms with van der Waals surface area (Å²) in [5.74, 6) is 0. The summed E-state index contributed by atoms with van der Waals surface area (Å²) in [4.78, 5) is 16.4. The number of carbonyl (C=O) groups is 1. The van der Waals surface area contributed by atoms with Crippen LogP contribution in [0.2, 0.25) is 5.02 Å². The van der Waals surface area contributed by atoms with Crippen molar-refractivity contribution in [1.82, 2.24) is 9.80 Å². The Labute approximate surface area is 137 Å². The number of carbonyl (C=O) groups excluding carboxylic acids is 1. The summed E-state index contributed by atoms with van der Waals surface area (Å²) in [5, 5.41) is 0.794. The highest BCUT2D eigenvalue weighted by molar-refractivity contribution is 6.30. The molecule has 0 radical (unpaired) electrons. The summed E-state index contributed by atoms with van der Waals surface area (Å²) in [6, 6.07) is 6.51. The maximum Gasteiger partial charge on any atom is 0.410 e. The lowest BCUT2D eigenvalue weighted by atomic mass is 10.1. The van der Waals surface area contributed by atoms with E-state index in [1.54, 1.807) is 0 Å². The monoisotopic (exact) mass is 322 g/mol. The largest absolute Gasteiger partial charge is 0.444 e. The third kappa shape index (κ3) is 3.39. The number of halogens is 1. The molecule has 2 aliphatic heterocycles. The van der Waals surface area contributed by atoms with Gasteiger partial charge >= 0.3 is 6.09 Å². The molecule has 1 aromatic rings. The van der Waals surface area contributed by atoms with Crippen LogP contribution in [0.3, 0.4) is 0 Å². The van der Waals surface area contributed by atoms with Crippen LogP contribution in [0.4, 0.5) is 4.79 Å². The molecule has 0 spiro atoms. The fourth-order valence-corrected chi connectivity index (χ4v) is 3.37. The Kier molecular flexibility index (Phi) is 4.08. The SMILES string of the molecule is CC(C)(C)OC(=O)N1CCC(N2Cc3ccc(Cl)cc3C2)C1. The Bertz CT molecular complexity index is 583. The van der Waals surface area contributed by atoms with E-state index >= 15 is 0 Å². The minimum atomic E-state index is -0.435. The van der Waals surface area contributed by atoms with Crippen molar-refractivity contribution in [2.75, 3.05) is 13.1 Å². The summed E-state index contributed by atoms with van der Waals surface area (Å²) in [7, 11) is 0. The van der Waals surface area contributed by atoms with E-state index in [1.807, 2.05) is 31.7 Å². The first kappa shape index (κ1) is 15.6. The molecule has 1 fully saturated rings. The van der Waals surface area contributed by atoms with Crippen LogP contribution in [0, 0.1) is 0 Å². The van der Waals surface area contributed by atoms with Crippen LogP contribution in [-0.4, -0.2) is 40.6 Å². The quantitative estimate of drug-likeness (QED) is 0.791. The molecular formula is C17H23ClN2O2. The number of fused-ring (bicyclic) bond motifs is 1. The highest BCUT2D eigenvalue weighted by Gasteiger charge is 2.34. The van der Waals surface area contributed by atoms with E-state index in [2.05, 4.69) is 17.0 Å². The van der Waals surface area contributed by atoms with Gasteiger partial charge < -0.3 is 9.64 Å². The Morgan fingerprint density at radius 2 is 2.00 bits per heavy atom. The van der Waals surface area contributed by atoms with E-state index in [0.29, 0.717) is 6.04 Å². The van der Waals surface area contributed by atoms with E-state index in [-0.39, 0.29) is 6.09 Å². The van der Waals surface area contributed by atoms with Crippen molar-refractivity contribution in [2.24, 2.45) is 0 Å². The molecular weight excluding hydrogens is 300 g/mol. The third-order valence-corrected chi connectivity index (χ3v) is 4.48. The van der Waals surface area contributed by atoms with E-state index in [1.165, 1.54) is 11.1 Å². The van der Waals surface area contributed by atoms with Gasteiger partial charge in [0.25, 0.3) is 0 Å². The number of rotatable bonds is 1. The molecule has 4 nitrogen and oxygen atoms in total. The lowest BCUT2D eigenvalue weighted by molar-refractivity contribution is 0.0279. The standard InChI is InChI=1S/C17H23ClN2O2/c1-17(2,3)22-16(21)19-7-6-15(11-19)20-9-12-4-5-14(18)8-13(12)10-20/h4-5,8,15H,6-7,9-11H2,1-3H3. The van der Waals surface area contributed by atoms with Crippen molar-refractivity contribution < 1.29 is 9.53 Å². The first-order chi connectivity index (χ1) is 10.3. The fourth-order valence-electron chi connectivity index (χ4n) is 3.18. The minimum absolute atomic E-state index is 0.199. The van der Waals surface area contributed by atoms with Gasteiger partial charge in [-0.25, -0.2) is 4.79 Å². The molecule has 1 saturated heterocycles. The Hall–Kier alpha value is -1.26. The Balaban J connectivity index is 1.59. The van der Waals surface area contributed by atoms with Crippen LogP contribution in [0.25, 0.3) is 0 Å². The Morgan fingerprint density at radius 3 is 2.73 bits per heavy atom. The van der Waals surface area contributed by atoms with Gasteiger partial charge in [-0.15, -0.1) is 0 Å². The van der Waals surface area contributed by atoms with Gasteiger partial charge in [-0.1, -0.05) is 17.7 Å². The second kappa shape index (κ2) is 5.74. The smallest absolute Gasteiger partial charge is 0.410 e. The summed E-state index contributed by atoms with van der Waals surface area (Å²) < 4.78 is 5.46. The molecule has 0 aromatic heterocycles. The number of hydrogen-bond donors (Lipinski definition) is 0. The number of likely N-dealkylation sites (tertiary alicyclic amines) is 1. The second-order valence-electron chi connectivity index (χ2n) is 7.19. The van der Waals surface area contributed by atoms with Gasteiger partial charge in [0.2, 0.25) is 0 Å². The van der Waals surface area contributed by atoms with Gasteiger partial charge in [0, 0.05) is 37.2 Å². The van der Waals surface area contributed by atoms with E-state index in [9.17, 15) is 4.79 Å². The number of ether oxygens (including phenoxy) is 1. The van der Waals surface area contributed by atoms with Crippen molar-refractivity contribution in [2.45, 2.75) is 51.9 Å². The van der Waals surface area contributed by atoms with Crippen LogP contribution < -0.4 is 0 Å². The molecule has 2 aliphatic rings. The third-order valence-electron chi connectivity index (χ3n) is 4.25. The van der Waals surface area contributed by atoms with E-state index in [0.717, 1.165) is 37.6 Å². The van der Waals surface area contributed by atoms with Crippen molar-refractivity contribution in [3.63, 3.8) is 0 Å². The van der Waals surface area contributed by atoms with Crippen LogP contribution >= 0.6 is 11.6 Å². The molecule has 1 aromatic carbocycles. The first-order valence-electron chi connectivity index (χ1n) is 7.81. The average Bonchev–Trinajstić information content (AvgIpc) is 3.02. The average molecular weight is 323 g/mol. The Morgan fingerprint density at radius 1 is 1.27 bits per heavy atom. The van der Waals surface area contributed by atoms with Gasteiger partial charge in [0.05, 0.1) is 0 Å². The van der Waals surface area contributed by atoms with Gasteiger partial charge in [0.1, 0.15) is 5.60 Å². The van der Waals surface area contributed by atoms with E-state index < -0.39 is 5.60 Å². The van der Waals surface area contributed by atoms with Gasteiger partial charge in [-0.2, -0.15) is 0 Å². The first-order valence-corrected chi connectivity index (χ1v) is 8.19. The predicted octanol–water partition coefficient (Wildman–Crippen LogP) is 3.67. The second-order valence-corrected chi connectivity index (χ2v) is 7.62. The molecule has 2 heterocycles. The van der Waals surface area contributed by atoms with Crippen molar-refractivity contribution in [1.29, 1.82) is 0 Å². The summed E-state index contributed by atoms with van der Waals surface area (Å²) in [6.45, 7) is 9.09. The molecule has 0 N–H and O–H groups in total. The molecule has 0 bridgehead atoms. The molecule has 1 amide bonds. The van der Waals surface area contributed by atoms with Gasteiger partial charge in [-0.05, 0) is 50.5 Å². The fraction of sp³-hybridized carbons (Fsp3) is 0.588. The van der Waals surface area contributed by atoms with Crippen molar-refractivity contribution in [3.05, 3.63) is 34.3 Å². The summed E-state index contributed by atoms with van der Waals surface area (Å²) in [5.41, 5.74) is 2.22. The zero-order valence-corrected chi connectivity index (χ0v) is 14.2. The maximum absolute atomic E-state index is 12.2. The molecule has 3 rings (SSSR count). The molecule has 1 unspecified atom stereocenters. The predicted molar refractivity (Wildman–Crippen MR) is 86.9 cm³/mol. The lowest BCUT2D eigenvalue weighted by Gasteiger charge is -2.26. The van der Waals surface area contributed by atoms with Gasteiger partial charge in [0.15, 0.2) is 0 Å². The maximum atomic E-state index is 12.2. The molecule has 5 heteroatoms. The highest BCUT2D eigenvalue weighted by atomic mass is 35.5. The zero-order chi connectivity index (χ0) is 15.9. The number of hydrogen-bond acceptors (Lipinski definition) is 3.